The Morgan fingerprint density at radius 2 is 2.06 bits per heavy atom. The molecule has 4 rings (SSSR count). The van der Waals surface area contributed by atoms with E-state index in [0.717, 1.165) is 42.4 Å². The highest BCUT2D eigenvalue weighted by atomic mass is 32.2. The summed E-state index contributed by atoms with van der Waals surface area (Å²) >= 11 is 0. The zero-order valence-corrected chi connectivity index (χ0v) is 18.1. The minimum absolute atomic E-state index is 0.0279. The Hall–Kier alpha value is -3.04. The molecule has 1 aromatic heterocycles. The van der Waals surface area contributed by atoms with Crippen LogP contribution < -0.4 is 14.8 Å². The first kappa shape index (κ1) is 22.2. The molecule has 10 nitrogen and oxygen atoms in total. The van der Waals surface area contributed by atoms with Gasteiger partial charge in [-0.25, -0.2) is 9.44 Å². The van der Waals surface area contributed by atoms with Crippen LogP contribution in [0.5, 0.6) is 0 Å². The first-order valence-corrected chi connectivity index (χ1v) is 11.8. The number of nitrogens with zero attached hydrogens (tertiary/aromatic N) is 2. The van der Waals surface area contributed by atoms with Crippen LogP contribution in [0.1, 0.15) is 58.9 Å². The van der Waals surface area contributed by atoms with Gasteiger partial charge in [0.25, 0.3) is 21.9 Å². The number of carbonyl (C=O) groups excluding carboxylic acids is 1. The molecule has 0 bridgehead atoms. The van der Waals surface area contributed by atoms with Crippen LogP contribution in [-0.2, 0) is 16.8 Å². The molecule has 1 aliphatic heterocycles. The number of anilines is 1. The van der Waals surface area contributed by atoms with Gasteiger partial charge in [0.05, 0.1) is 6.61 Å². The van der Waals surface area contributed by atoms with E-state index >= 15 is 0 Å². The Kier molecular flexibility index (Phi) is 6.38. The molecule has 1 aromatic carbocycles. The largest absolute Gasteiger partial charge is 0.392 e. The number of H-pyrrole nitrogens is 1. The number of aliphatic hydroxyl groups excluding tert-OH is 1. The summed E-state index contributed by atoms with van der Waals surface area (Å²) in [6, 6.07) is 3.68. The van der Waals surface area contributed by atoms with Gasteiger partial charge in [-0.3, -0.25) is 4.79 Å². The lowest BCUT2D eigenvalue weighted by Crippen LogP contribution is -2.47. The van der Waals surface area contributed by atoms with E-state index in [4.69, 9.17) is 6.57 Å². The number of nitrogens with one attached hydrogen (secondary N) is 4. The Labute approximate surface area is 186 Å². The summed E-state index contributed by atoms with van der Waals surface area (Å²) in [5.41, 5.74) is 3.92. The zero-order valence-electron chi connectivity index (χ0n) is 17.3. The smallest absolute Gasteiger partial charge is 0.316 e. The summed E-state index contributed by atoms with van der Waals surface area (Å²) in [5, 5.41) is 12.9. The van der Waals surface area contributed by atoms with Gasteiger partial charge in [0.1, 0.15) is 0 Å². The number of rotatable bonds is 5. The molecule has 1 fully saturated rings. The fourth-order valence-electron chi connectivity index (χ4n) is 4.06. The molecule has 0 spiro atoms. The van der Waals surface area contributed by atoms with Crippen molar-refractivity contribution >= 4 is 33.2 Å². The van der Waals surface area contributed by atoms with Crippen molar-refractivity contribution < 1.29 is 18.3 Å². The quantitative estimate of drug-likeness (QED) is 0.439. The lowest BCUT2D eigenvalue weighted by atomic mass is 9.86. The van der Waals surface area contributed by atoms with Gasteiger partial charge >= 0.3 is 5.91 Å². The fraction of sp³-hybridized carbons (Fsp3) is 0.381. The molecule has 0 radical (unpaired) electrons. The number of hydrogen-bond acceptors (Lipinski definition) is 5. The Morgan fingerprint density at radius 1 is 1.28 bits per heavy atom. The molecule has 2 aliphatic rings. The molecule has 0 unspecified atom stereocenters. The second kappa shape index (κ2) is 9.22. The van der Waals surface area contributed by atoms with Crippen molar-refractivity contribution in [3.8, 4) is 0 Å². The van der Waals surface area contributed by atoms with E-state index in [1.165, 1.54) is 6.20 Å². The highest BCUT2D eigenvalue weighted by molar-refractivity contribution is 7.87. The van der Waals surface area contributed by atoms with Gasteiger partial charge in [-0.15, -0.1) is 0 Å². The molecule has 1 saturated heterocycles. The summed E-state index contributed by atoms with van der Waals surface area (Å²) in [7, 11) is -3.49. The maximum absolute atomic E-state index is 12.8. The number of aromatic nitrogens is 2. The van der Waals surface area contributed by atoms with Crippen molar-refractivity contribution in [3.63, 3.8) is 0 Å². The number of carbonyl (C=O) groups is 1. The van der Waals surface area contributed by atoms with Crippen LogP contribution in [0, 0.1) is 6.57 Å². The number of hydrogen-bond donors (Lipinski definition) is 5. The van der Waals surface area contributed by atoms with E-state index in [-0.39, 0.29) is 37.3 Å². The molecule has 2 heterocycles. The third-order valence-corrected chi connectivity index (χ3v) is 6.80. The molecular weight excluding hydrogens is 432 g/mol. The van der Waals surface area contributed by atoms with Gasteiger partial charge in [-0.1, -0.05) is 17.6 Å². The molecule has 11 heteroatoms. The SMILES string of the molecule is [C-]#[N+]c1c[nH]c(C(=O)Nc2cc(CO)c(C3CNS(=O)(=O)NC3)cc2C2=CCCCC2)n1. The van der Waals surface area contributed by atoms with Crippen molar-refractivity contribution in [1.82, 2.24) is 19.4 Å². The molecule has 1 amide bonds. The summed E-state index contributed by atoms with van der Waals surface area (Å²) in [6.45, 7) is 7.19. The number of aliphatic hydroxyl groups is 1. The fourth-order valence-corrected chi connectivity index (χ4v) is 5.00. The minimum atomic E-state index is -3.49. The predicted molar refractivity (Wildman–Crippen MR) is 119 cm³/mol. The van der Waals surface area contributed by atoms with Crippen LogP contribution >= 0.6 is 0 Å². The van der Waals surface area contributed by atoms with Crippen molar-refractivity contribution in [3.05, 3.63) is 58.3 Å². The standard InChI is InChI=1S/C21H24N6O4S/c1-22-19-11-23-20(27-19)21(29)26-18-7-14(12-28)16(15-9-24-32(30,31)25-10-15)8-17(18)13-5-3-2-4-6-13/h5,7-8,11,15,24-25,28H,2-4,6,9-10,12H2,(H,23,27)(H,26,29). The van der Waals surface area contributed by atoms with E-state index in [2.05, 4.69) is 35.6 Å². The number of imidazole rings is 1. The molecular formula is C21H24N6O4S. The van der Waals surface area contributed by atoms with Crippen molar-refractivity contribution in [1.29, 1.82) is 0 Å². The third-order valence-electron chi connectivity index (χ3n) is 5.71. The van der Waals surface area contributed by atoms with Crippen LogP contribution in [0.15, 0.2) is 24.4 Å². The number of benzene rings is 1. The molecule has 32 heavy (non-hydrogen) atoms. The van der Waals surface area contributed by atoms with Crippen LogP contribution in [-0.4, -0.2) is 42.5 Å². The maximum atomic E-state index is 12.8. The molecule has 0 atom stereocenters. The lowest BCUT2D eigenvalue weighted by Gasteiger charge is -2.27. The van der Waals surface area contributed by atoms with Gasteiger partial charge in [0.15, 0.2) is 0 Å². The summed E-state index contributed by atoms with van der Waals surface area (Å²) < 4.78 is 28.3. The lowest BCUT2D eigenvalue weighted by molar-refractivity contribution is 0.101. The van der Waals surface area contributed by atoms with Gasteiger partial charge < -0.3 is 20.3 Å². The maximum Gasteiger partial charge on any atom is 0.316 e. The van der Waals surface area contributed by atoms with E-state index in [9.17, 15) is 18.3 Å². The highest BCUT2D eigenvalue weighted by Crippen LogP contribution is 2.36. The number of allylic oxidation sites excluding steroid dienone is 2. The first-order valence-electron chi connectivity index (χ1n) is 10.4. The molecule has 2 aromatic rings. The van der Waals surface area contributed by atoms with E-state index < -0.39 is 16.1 Å². The molecule has 168 valence electrons. The molecule has 0 saturated carbocycles. The molecule has 1 aliphatic carbocycles. The highest BCUT2D eigenvalue weighted by Gasteiger charge is 2.27. The van der Waals surface area contributed by atoms with Crippen LogP contribution in [0.2, 0.25) is 0 Å². The first-order chi connectivity index (χ1) is 15.4. The van der Waals surface area contributed by atoms with Crippen LogP contribution in [0.4, 0.5) is 11.5 Å². The second-order valence-electron chi connectivity index (χ2n) is 7.80. The Bertz CT molecular complexity index is 1200. The average molecular weight is 457 g/mol. The number of aromatic amines is 1. The monoisotopic (exact) mass is 456 g/mol. The van der Waals surface area contributed by atoms with Crippen molar-refractivity contribution in [2.45, 2.75) is 38.2 Å². The summed E-state index contributed by atoms with van der Waals surface area (Å²) in [5.74, 6) is -0.523. The van der Waals surface area contributed by atoms with Gasteiger partial charge in [-0.05, 0) is 54.5 Å². The third kappa shape index (κ3) is 4.73. The Balaban J connectivity index is 1.72. The van der Waals surface area contributed by atoms with E-state index in [1.807, 2.05) is 6.07 Å². The summed E-state index contributed by atoms with van der Waals surface area (Å²) in [6.07, 6.45) is 7.46. The Morgan fingerprint density at radius 3 is 2.69 bits per heavy atom. The molecule has 5 N–H and O–H groups in total. The van der Waals surface area contributed by atoms with Crippen molar-refractivity contribution in [2.24, 2.45) is 0 Å². The minimum Gasteiger partial charge on any atom is -0.392 e. The van der Waals surface area contributed by atoms with Gasteiger partial charge in [0, 0.05) is 36.5 Å². The average Bonchev–Trinajstić information content (AvgIpc) is 3.29. The van der Waals surface area contributed by atoms with E-state index in [0.29, 0.717) is 11.3 Å². The van der Waals surface area contributed by atoms with Crippen LogP contribution in [0.25, 0.3) is 10.4 Å². The van der Waals surface area contributed by atoms with E-state index in [1.54, 1.807) is 6.07 Å². The van der Waals surface area contributed by atoms with Gasteiger partial charge in [-0.2, -0.15) is 8.42 Å². The number of amides is 1. The topological polar surface area (TPSA) is 141 Å². The second-order valence-corrected chi connectivity index (χ2v) is 9.38. The zero-order chi connectivity index (χ0) is 22.7. The van der Waals surface area contributed by atoms with Crippen LogP contribution in [0.3, 0.4) is 0 Å². The summed E-state index contributed by atoms with van der Waals surface area (Å²) in [4.78, 5) is 22.6. The van der Waals surface area contributed by atoms with Gasteiger partial charge in [0.2, 0.25) is 0 Å². The normalized spacial score (nSPS) is 18.6. The predicted octanol–water partition coefficient (Wildman–Crippen LogP) is 2.18. The van der Waals surface area contributed by atoms with Crippen molar-refractivity contribution in [2.75, 3.05) is 18.4 Å².